The zero-order valence-corrected chi connectivity index (χ0v) is 12.7. The number of ether oxygens (including phenoxy) is 1. The Morgan fingerprint density at radius 2 is 1.20 bits per heavy atom. The molecule has 0 atom stereocenters. The van der Waals surface area contributed by atoms with Crippen molar-refractivity contribution in [3.05, 3.63) is 12.2 Å². The van der Waals surface area contributed by atoms with Gasteiger partial charge in [-0.2, -0.15) is 0 Å². The third-order valence-electron chi connectivity index (χ3n) is 1.63. The fourth-order valence-electron chi connectivity index (χ4n) is 1.08. The molecule has 0 fully saturated rings. The van der Waals surface area contributed by atoms with Gasteiger partial charge in [0.25, 0.3) is 17.9 Å². The molecule has 8 nitrogen and oxygen atoms in total. The molecule has 0 heterocycles. The van der Waals surface area contributed by atoms with Gasteiger partial charge in [-0.3, -0.25) is 14.4 Å². The van der Waals surface area contributed by atoms with Gasteiger partial charge in [0.2, 0.25) is 0 Å². The minimum absolute atomic E-state index is 0.0846. The summed E-state index contributed by atoms with van der Waals surface area (Å²) in [7, 11) is -4.13. The van der Waals surface area contributed by atoms with Gasteiger partial charge in [-0.15, -0.1) is 0 Å². The van der Waals surface area contributed by atoms with Crippen molar-refractivity contribution in [3.63, 3.8) is 0 Å². The lowest BCUT2D eigenvalue weighted by Gasteiger charge is -2.25. The zero-order valence-electron chi connectivity index (χ0n) is 11.7. The summed E-state index contributed by atoms with van der Waals surface area (Å²) in [4.78, 5) is 44.5. The molecule has 0 N–H and O–H groups in total. The normalized spacial score (nSPS) is 10.2. The van der Waals surface area contributed by atoms with Crippen LogP contribution < -0.4 is 0 Å². The average molecular weight is 304 g/mol. The van der Waals surface area contributed by atoms with Gasteiger partial charge < -0.3 is 18.0 Å². The van der Waals surface area contributed by atoms with E-state index in [9.17, 15) is 19.2 Å². The summed E-state index contributed by atoms with van der Waals surface area (Å²) in [5, 5.41) is 0. The van der Waals surface area contributed by atoms with Crippen LogP contribution in [0, 0.1) is 0 Å². The van der Waals surface area contributed by atoms with E-state index >= 15 is 0 Å². The Labute approximate surface area is 117 Å². The van der Waals surface area contributed by atoms with Crippen LogP contribution in [0.25, 0.3) is 0 Å². The number of carbonyl (C=O) groups excluding carboxylic acids is 4. The molecule has 0 spiro atoms. The lowest BCUT2D eigenvalue weighted by molar-refractivity contribution is -0.153. The van der Waals surface area contributed by atoms with Crippen LogP contribution in [-0.4, -0.2) is 38.9 Å². The second-order valence-electron chi connectivity index (χ2n) is 3.82. The van der Waals surface area contributed by atoms with Gasteiger partial charge in [0.1, 0.15) is 0 Å². The Morgan fingerprint density at radius 1 is 0.850 bits per heavy atom. The first-order valence-corrected chi connectivity index (χ1v) is 7.42. The molecule has 0 saturated carbocycles. The third-order valence-corrected chi connectivity index (χ3v) is 3.92. The maximum absolute atomic E-state index is 11.3. The van der Waals surface area contributed by atoms with Gasteiger partial charge in [0, 0.05) is 26.3 Å². The van der Waals surface area contributed by atoms with Crippen molar-refractivity contribution in [3.8, 4) is 0 Å². The van der Waals surface area contributed by atoms with Crippen molar-refractivity contribution < 1.29 is 37.2 Å². The van der Waals surface area contributed by atoms with Crippen LogP contribution in [0.2, 0.25) is 0 Å². The van der Waals surface area contributed by atoms with E-state index in [0.717, 1.165) is 20.8 Å². The smallest absolute Gasteiger partial charge is 0.454 e. The van der Waals surface area contributed by atoms with E-state index in [2.05, 4.69) is 6.58 Å². The number of hydrogen-bond donors (Lipinski definition) is 0. The highest BCUT2D eigenvalue weighted by molar-refractivity contribution is 6.65. The first-order valence-electron chi connectivity index (χ1n) is 5.49. The SMILES string of the molecule is C=C(C)C(=O)OC[Si](OC(C)=O)(OC(C)=O)OC(C)=O. The molecular weight excluding hydrogens is 288 g/mol. The molecule has 0 radical (unpaired) electrons. The number of esters is 1. The van der Waals surface area contributed by atoms with Crippen LogP contribution in [0.15, 0.2) is 12.2 Å². The Kier molecular flexibility index (Phi) is 6.63. The van der Waals surface area contributed by atoms with E-state index < -0.39 is 38.9 Å². The largest absolute Gasteiger partial charge is 0.745 e. The van der Waals surface area contributed by atoms with Crippen molar-refractivity contribution in [1.82, 2.24) is 0 Å². The topological polar surface area (TPSA) is 105 Å². The number of rotatable bonds is 6. The lowest BCUT2D eigenvalue weighted by atomic mass is 10.4. The second-order valence-corrected chi connectivity index (χ2v) is 6.09. The molecule has 0 aromatic rings. The summed E-state index contributed by atoms with van der Waals surface area (Å²) in [5.41, 5.74) is 0.0846. The molecule has 0 rings (SSSR count). The van der Waals surface area contributed by atoms with Crippen LogP contribution in [0.4, 0.5) is 0 Å². The van der Waals surface area contributed by atoms with Gasteiger partial charge in [0.05, 0.1) is 0 Å². The molecule has 20 heavy (non-hydrogen) atoms. The quantitative estimate of drug-likeness (QED) is 0.391. The Hall–Kier alpha value is -2.16. The molecule has 0 aliphatic rings. The molecule has 0 unspecified atom stereocenters. The van der Waals surface area contributed by atoms with Crippen molar-refractivity contribution in [2.45, 2.75) is 27.7 Å². The highest BCUT2D eigenvalue weighted by Gasteiger charge is 2.54. The van der Waals surface area contributed by atoms with Gasteiger partial charge in [-0.05, 0) is 6.92 Å². The standard InChI is InChI=1S/C11H16O8Si/c1-7(2)11(15)16-6-20(17-8(3)12,18-9(4)13)19-10(5)14/h1,6H2,2-5H3. The maximum atomic E-state index is 11.3. The molecular formula is C11H16O8Si. The van der Waals surface area contributed by atoms with Crippen molar-refractivity contribution >= 4 is 32.7 Å². The monoisotopic (exact) mass is 304 g/mol. The molecule has 0 saturated heterocycles. The second kappa shape index (κ2) is 7.43. The maximum Gasteiger partial charge on any atom is 0.745 e. The van der Waals surface area contributed by atoms with E-state index in [1.807, 2.05) is 0 Å². The predicted molar refractivity (Wildman–Crippen MR) is 66.8 cm³/mol. The Bertz CT molecular complexity index is 401. The van der Waals surface area contributed by atoms with Gasteiger partial charge >= 0.3 is 14.8 Å². The minimum Gasteiger partial charge on any atom is -0.454 e. The number of hydrogen-bond acceptors (Lipinski definition) is 8. The van der Waals surface area contributed by atoms with Crippen LogP contribution in [-0.2, 0) is 37.2 Å². The van der Waals surface area contributed by atoms with E-state index in [4.69, 9.17) is 18.0 Å². The van der Waals surface area contributed by atoms with Crippen molar-refractivity contribution in [1.29, 1.82) is 0 Å². The molecule has 0 aliphatic heterocycles. The van der Waals surface area contributed by atoms with Gasteiger partial charge in [-0.1, -0.05) is 6.58 Å². The summed E-state index contributed by atoms with van der Waals surface area (Å²) in [6, 6.07) is 0. The Balaban J connectivity index is 5.18. The molecule has 112 valence electrons. The summed E-state index contributed by atoms with van der Waals surface area (Å²) in [6.45, 7) is 7.87. The first kappa shape index (κ1) is 17.8. The molecule has 0 aromatic heterocycles. The third kappa shape index (κ3) is 6.68. The molecule has 0 amide bonds. The summed E-state index contributed by atoms with van der Waals surface area (Å²) in [6.07, 6.45) is -0.669. The van der Waals surface area contributed by atoms with Crippen LogP contribution in [0.5, 0.6) is 0 Å². The molecule has 0 aliphatic carbocycles. The van der Waals surface area contributed by atoms with Crippen molar-refractivity contribution in [2.75, 3.05) is 6.23 Å². The van der Waals surface area contributed by atoms with E-state index in [1.54, 1.807) is 0 Å². The highest BCUT2D eigenvalue weighted by Crippen LogP contribution is 2.13. The van der Waals surface area contributed by atoms with Crippen LogP contribution in [0.3, 0.4) is 0 Å². The van der Waals surface area contributed by atoms with Crippen LogP contribution >= 0.6 is 0 Å². The van der Waals surface area contributed by atoms with E-state index in [-0.39, 0.29) is 5.57 Å². The fourth-order valence-corrected chi connectivity index (χ4v) is 3.01. The van der Waals surface area contributed by atoms with Crippen molar-refractivity contribution in [2.24, 2.45) is 0 Å². The van der Waals surface area contributed by atoms with Crippen LogP contribution in [0.1, 0.15) is 27.7 Å². The van der Waals surface area contributed by atoms with Gasteiger partial charge in [0.15, 0.2) is 6.23 Å². The van der Waals surface area contributed by atoms with E-state index in [1.165, 1.54) is 6.92 Å². The lowest BCUT2D eigenvalue weighted by Crippen LogP contribution is -2.54. The Morgan fingerprint density at radius 3 is 1.45 bits per heavy atom. The van der Waals surface area contributed by atoms with E-state index in [0.29, 0.717) is 0 Å². The first-order chi connectivity index (χ1) is 9.08. The summed E-state index contributed by atoms with van der Waals surface area (Å²) < 4.78 is 19.2. The summed E-state index contributed by atoms with van der Waals surface area (Å²) >= 11 is 0. The fraction of sp³-hybridized carbons (Fsp3) is 0.455. The predicted octanol–water partition coefficient (Wildman–Crippen LogP) is 0.273. The summed E-state index contributed by atoms with van der Waals surface area (Å²) in [5.74, 6) is -3.32. The van der Waals surface area contributed by atoms with Gasteiger partial charge in [-0.25, -0.2) is 4.79 Å². The zero-order chi connectivity index (χ0) is 15.9. The average Bonchev–Trinajstić information content (AvgIpc) is 2.22. The number of carbonyl (C=O) groups is 4. The molecule has 0 aromatic carbocycles. The molecule has 9 heteroatoms. The molecule has 0 bridgehead atoms. The minimum atomic E-state index is -4.13. The highest BCUT2D eigenvalue weighted by atomic mass is 28.4.